The second-order valence-electron chi connectivity index (χ2n) is 6.51. The number of benzene rings is 2. The summed E-state index contributed by atoms with van der Waals surface area (Å²) in [6.45, 7) is 2.56. The van der Waals surface area contributed by atoms with Crippen LogP contribution in [0.25, 0.3) is 16.9 Å². The molecule has 5 nitrogen and oxygen atoms in total. The zero-order valence-corrected chi connectivity index (χ0v) is 15.2. The Hall–Kier alpha value is -3.18. The monoisotopic (exact) mass is 358 g/mol. The van der Waals surface area contributed by atoms with E-state index in [9.17, 15) is 0 Å². The topological polar surface area (TPSA) is 55.7 Å². The molecule has 0 aliphatic carbocycles. The van der Waals surface area contributed by atoms with Crippen LogP contribution in [0.5, 0.6) is 0 Å². The van der Waals surface area contributed by atoms with Gasteiger partial charge in [0.1, 0.15) is 5.82 Å². The summed E-state index contributed by atoms with van der Waals surface area (Å²) in [7, 11) is 0. The second kappa shape index (κ2) is 8.01. The van der Waals surface area contributed by atoms with Crippen LogP contribution in [0.15, 0.2) is 79.3 Å². The Morgan fingerprint density at radius 3 is 2.48 bits per heavy atom. The van der Waals surface area contributed by atoms with Crippen molar-refractivity contribution in [1.82, 2.24) is 19.7 Å². The number of ether oxygens (including phenoxy) is 1. The van der Waals surface area contributed by atoms with Crippen molar-refractivity contribution < 1.29 is 4.74 Å². The van der Waals surface area contributed by atoms with Gasteiger partial charge in [0.2, 0.25) is 0 Å². The summed E-state index contributed by atoms with van der Waals surface area (Å²) in [5, 5.41) is 4.82. The van der Waals surface area contributed by atoms with Crippen LogP contribution in [0.2, 0.25) is 0 Å². The molecule has 4 aromatic rings. The number of hydrogen-bond donors (Lipinski definition) is 1. The van der Waals surface area contributed by atoms with Crippen molar-refractivity contribution in [3.8, 4) is 16.9 Å². The lowest BCUT2D eigenvalue weighted by Crippen LogP contribution is -2.12. The average molecular weight is 358 g/mol. The maximum atomic E-state index is 6.10. The highest BCUT2D eigenvalue weighted by Gasteiger charge is 2.14. The largest absolute Gasteiger partial charge is 0.373 e. The molecule has 4 rings (SSSR count). The first-order valence-corrected chi connectivity index (χ1v) is 9.09. The molecule has 2 heterocycles. The van der Waals surface area contributed by atoms with Gasteiger partial charge < -0.3 is 9.72 Å². The molecule has 0 radical (unpaired) electrons. The van der Waals surface area contributed by atoms with Crippen molar-refractivity contribution in [3.05, 3.63) is 90.6 Å². The summed E-state index contributed by atoms with van der Waals surface area (Å²) < 4.78 is 8.01. The van der Waals surface area contributed by atoms with E-state index in [0.29, 0.717) is 6.61 Å². The zero-order valence-electron chi connectivity index (χ0n) is 15.2. The van der Waals surface area contributed by atoms with E-state index in [4.69, 9.17) is 9.84 Å². The summed E-state index contributed by atoms with van der Waals surface area (Å²) in [6, 6.07) is 20.4. The lowest BCUT2D eigenvalue weighted by Gasteiger charge is -2.11. The molecule has 1 N–H and O–H groups in total. The van der Waals surface area contributed by atoms with Crippen molar-refractivity contribution in [1.29, 1.82) is 0 Å². The predicted molar refractivity (Wildman–Crippen MR) is 106 cm³/mol. The highest BCUT2D eigenvalue weighted by atomic mass is 16.5. The summed E-state index contributed by atoms with van der Waals surface area (Å²) in [5.41, 5.74) is 4.13. The van der Waals surface area contributed by atoms with Gasteiger partial charge in [-0.3, -0.25) is 0 Å². The number of rotatable bonds is 7. The molecule has 0 saturated carbocycles. The molecule has 0 fully saturated rings. The van der Waals surface area contributed by atoms with Crippen LogP contribution in [0.4, 0.5) is 0 Å². The van der Waals surface area contributed by atoms with E-state index >= 15 is 0 Å². The highest BCUT2D eigenvalue weighted by molar-refractivity contribution is 5.63. The highest BCUT2D eigenvalue weighted by Crippen LogP contribution is 2.24. The van der Waals surface area contributed by atoms with Gasteiger partial charge in [-0.05, 0) is 19.1 Å². The van der Waals surface area contributed by atoms with Crippen LogP contribution in [0, 0.1) is 0 Å². The summed E-state index contributed by atoms with van der Waals surface area (Å²) in [6.07, 6.45) is 6.45. The molecule has 0 aliphatic rings. The molecule has 0 amide bonds. The van der Waals surface area contributed by atoms with E-state index in [-0.39, 0.29) is 6.10 Å². The van der Waals surface area contributed by atoms with Crippen molar-refractivity contribution in [2.45, 2.75) is 26.1 Å². The molecule has 136 valence electrons. The number of nitrogens with zero attached hydrogens (tertiary/aromatic N) is 3. The van der Waals surface area contributed by atoms with E-state index in [0.717, 1.165) is 34.8 Å². The molecular weight excluding hydrogens is 336 g/mol. The normalized spacial score (nSPS) is 12.2. The van der Waals surface area contributed by atoms with Crippen LogP contribution in [-0.4, -0.2) is 25.9 Å². The van der Waals surface area contributed by atoms with Gasteiger partial charge in [0, 0.05) is 36.1 Å². The van der Waals surface area contributed by atoms with Gasteiger partial charge >= 0.3 is 0 Å². The van der Waals surface area contributed by atoms with E-state index in [1.807, 2.05) is 59.4 Å². The van der Waals surface area contributed by atoms with E-state index in [2.05, 4.69) is 35.2 Å². The fraction of sp³-hybridized carbons (Fsp3) is 0.182. The van der Waals surface area contributed by atoms with Gasteiger partial charge in [0.15, 0.2) is 0 Å². The molecule has 0 aliphatic heterocycles. The van der Waals surface area contributed by atoms with Gasteiger partial charge in [-0.25, -0.2) is 9.67 Å². The Labute approximate surface area is 158 Å². The molecule has 2 aromatic heterocycles. The first-order valence-electron chi connectivity index (χ1n) is 9.09. The molecule has 5 heteroatoms. The first kappa shape index (κ1) is 17.2. The number of nitrogens with one attached hydrogen (secondary N) is 1. The molecule has 27 heavy (non-hydrogen) atoms. The lowest BCUT2D eigenvalue weighted by atomic mass is 10.1. The minimum atomic E-state index is 0.0554. The molecule has 1 atom stereocenters. The zero-order chi connectivity index (χ0) is 18.5. The quantitative estimate of drug-likeness (QED) is 0.532. The third-order valence-electron chi connectivity index (χ3n) is 4.42. The summed E-state index contributed by atoms with van der Waals surface area (Å²) >= 11 is 0. The first-order chi connectivity index (χ1) is 13.3. The molecule has 2 aromatic carbocycles. The minimum Gasteiger partial charge on any atom is -0.373 e. The Morgan fingerprint density at radius 1 is 1.04 bits per heavy atom. The van der Waals surface area contributed by atoms with Gasteiger partial charge in [-0.2, -0.15) is 5.10 Å². The Kier molecular flexibility index (Phi) is 5.12. The molecular formula is C22H22N4O. The Balaban J connectivity index is 1.57. The van der Waals surface area contributed by atoms with Crippen LogP contribution in [0.1, 0.15) is 18.3 Å². The number of hydrogen-bond acceptors (Lipinski definition) is 3. The number of aromatic amines is 1. The second-order valence-corrected chi connectivity index (χ2v) is 6.51. The van der Waals surface area contributed by atoms with Gasteiger partial charge in [0.25, 0.3) is 0 Å². The summed E-state index contributed by atoms with van der Waals surface area (Å²) in [5.74, 6) is 0.936. The molecule has 0 saturated heterocycles. The molecule has 0 bridgehead atoms. The third-order valence-corrected chi connectivity index (χ3v) is 4.42. The van der Waals surface area contributed by atoms with E-state index in [1.165, 1.54) is 0 Å². The van der Waals surface area contributed by atoms with Crippen molar-refractivity contribution in [2.24, 2.45) is 0 Å². The fourth-order valence-electron chi connectivity index (χ4n) is 3.04. The van der Waals surface area contributed by atoms with Crippen LogP contribution < -0.4 is 0 Å². The third kappa shape index (κ3) is 4.15. The van der Waals surface area contributed by atoms with Gasteiger partial charge in [-0.15, -0.1) is 0 Å². The Morgan fingerprint density at radius 2 is 1.78 bits per heavy atom. The Bertz CT molecular complexity index is 962. The fourth-order valence-corrected chi connectivity index (χ4v) is 3.04. The van der Waals surface area contributed by atoms with Crippen LogP contribution in [0.3, 0.4) is 0 Å². The van der Waals surface area contributed by atoms with Crippen LogP contribution >= 0.6 is 0 Å². The summed E-state index contributed by atoms with van der Waals surface area (Å²) in [4.78, 5) is 7.39. The van der Waals surface area contributed by atoms with Gasteiger partial charge in [0.05, 0.1) is 24.1 Å². The van der Waals surface area contributed by atoms with Crippen molar-refractivity contribution in [3.63, 3.8) is 0 Å². The SMILES string of the molecule is CC(Cc1ncc[nH]1)OCc1cn(-c2ccccc2)nc1-c1ccccc1. The van der Waals surface area contributed by atoms with Crippen molar-refractivity contribution >= 4 is 0 Å². The number of para-hydroxylation sites is 1. The number of aromatic nitrogens is 4. The smallest absolute Gasteiger partial charge is 0.108 e. The molecule has 0 spiro atoms. The van der Waals surface area contributed by atoms with Crippen molar-refractivity contribution in [2.75, 3.05) is 0 Å². The van der Waals surface area contributed by atoms with E-state index < -0.39 is 0 Å². The van der Waals surface area contributed by atoms with Gasteiger partial charge in [-0.1, -0.05) is 48.5 Å². The number of H-pyrrole nitrogens is 1. The maximum Gasteiger partial charge on any atom is 0.108 e. The van der Waals surface area contributed by atoms with E-state index in [1.54, 1.807) is 6.20 Å². The minimum absolute atomic E-state index is 0.0554. The molecule has 1 unspecified atom stereocenters. The standard InChI is InChI=1S/C22H22N4O/c1-17(14-21-23-12-13-24-21)27-16-19-15-26(20-10-6-3-7-11-20)25-22(19)18-8-4-2-5-9-18/h2-13,15,17H,14,16H2,1H3,(H,23,24). The predicted octanol–water partition coefficient (Wildman–Crippen LogP) is 4.41. The number of imidazole rings is 1. The van der Waals surface area contributed by atoms with Crippen LogP contribution in [-0.2, 0) is 17.8 Å². The lowest BCUT2D eigenvalue weighted by molar-refractivity contribution is 0.0526. The average Bonchev–Trinajstić information content (AvgIpc) is 3.37. The maximum absolute atomic E-state index is 6.10.